The van der Waals surface area contributed by atoms with Gasteiger partial charge in [-0.15, -0.1) is 0 Å². The zero-order chi connectivity index (χ0) is 32.5. The van der Waals surface area contributed by atoms with Gasteiger partial charge in [0, 0.05) is 10.8 Å². The molecule has 2 aliphatic rings. The zero-order valence-electron chi connectivity index (χ0n) is 26.0. The highest BCUT2D eigenvalue weighted by Gasteiger charge is 2.48. The zero-order valence-corrected chi connectivity index (χ0v) is 26.0. The molecule has 0 aromatic heterocycles. The van der Waals surface area contributed by atoms with Crippen molar-refractivity contribution in [2.45, 2.75) is 40.3 Å². The van der Waals surface area contributed by atoms with Crippen LogP contribution in [0.5, 0.6) is 0 Å². The fourth-order valence-electron chi connectivity index (χ4n) is 4.75. The van der Waals surface area contributed by atoms with E-state index < -0.39 is 40.8 Å². The summed E-state index contributed by atoms with van der Waals surface area (Å²) in [7, 11) is 0. The Hall–Kier alpha value is -4.32. The van der Waals surface area contributed by atoms with Crippen molar-refractivity contribution in [2.75, 3.05) is 39.6 Å². The lowest BCUT2D eigenvalue weighted by Crippen LogP contribution is -2.57. The Morgan fingerprint density at radius 2 is 1.24 bits per heavy atom. The number of hydrogen-bond acceptors (Lipinski definition) is 9. The monoisotopic (exact) mass is 614 g/mol. The molecule has 1 spiro atoms. The third kappa shape index (κ3) is 8.87. The van der Waals surface area contributed by atoms with Crippen LogP contribution in [0.15, 0.2) is 71.9 Å². The number of benzene rings is 2. The van der Waals surface area contributed by atoms with Gasteiger partial charge >= 0.3 is 11.9 Å². The lowest BCUT2D eigenvalue weighted by Gasteiger charge is -2.48. The average molecular weight is 615 g/mol. The number of nitrogens with zero attached hydrogens (tertiary/aromatic N) is 2. The van der Waals surface area contributed by atoms with Gasteiger partial charge in [0.25, 0.3) is 5.70 Å². The van der Waals surface area contributed by atoms with Gasteiger partial charge in [-0.25, -0.2) is 9.64 Å². The quantitative estimate of drug-likeness (QED) is 0.150. The Kier molecular flexibility index (Phi) is 10.9. The highest BCUT2D eigenvalue weighted by atomic mass is 16.7. The third-order valence-corrected chi connectivity index (χ3v) is 7.47. The van der Waals surface area contributed by atoms with E-state index in [4.69, 9.17) is 35.0 Å². The molecule has 2 aliphatic heterocycles. The fraction of sp³-hybridized carbons (Fsp3) is 0.429. The van der Waals surface area contributed by atoms with Crippen molar-refractivity contribution in [3.05, 3.63) is 94.5 Å². The maximum atomic E-state index is 12.6. The van der Waals surface area contributed by atoms with E-state index in [2.05, 4.69) is 4.85 Å². The van der Waals surface area contributed by atoms with E-state index >= 15 is 0 Å². The van der Waals surface area contributed by atoms with Crippen LogP contribution < -0.4 is 0 Å². The van der Waals surface area contributed by atoms with Crippen molar-refractivity contribution in [3.63, 3.8) is 0 Å². The van der Waals surface area contributed by atoms with Crippen LogP contribution in [0.1, 0.15) is 38.8 Å². The smallest absolute Gasteiger partial charge is 0.348 e. The molecule has 0 amide bonds. The molecule has 2 aromatic carbocycles. The Morgan fingerprint density at radius 1 is 0.822 bits per heavy atom. The summed E-state index contributed by atoms with van der Waals surface area (Å²) >= 11 is 0. The minimum absolute atomic E-state index is 0.0127. The predicted octanol–water partition coefficient (Wildman–Crippen LogP) is 5.42. The molecule has 0 radical (unpaired) electrons. The highest BCUT2D eigenvalue weighted by Crippen LogP contribution is 2.38. The summed E-state index contributed by atoms with van der Waals surface area (Å²) in [6.45, 7) is 16.0. The molecule has 2 saturated heterocycles. The first kappa shape index (κ1) is 33.6. The van der Waals surface area contributed by atoms with Gasteiger partial charge in [-0.2, -0.15) is 5.26 Å². The number of esters is 2. The Morgan fingerprint density at radius 3 is 1.67 bits per heavy atom. The maximum Gasteiger partial charge on any atom is 0.348 e. The van der Waals surface area contributed by atoms with Crippen LogP contribution in [0.4, 0.5) is 0 Å². The molecular formula is C35H38N2O8. The Balaban J connectivity index is 1.24. The van der Waals surface area contributed by atoms with E-state index in [0.29, 0.717) is 26.4 Å². The lowest BCUT2D eigenvalue weighted by molar-refractivity contribution is -0.337. The van der Waals surface area contributed by atoms with Crippen molar-refractivity contribution >= 4 is 24.1 Å². The molecule has 2 aromatic rings. The van der Waals surface area contributed by atoms with Crippen LogP contribution in [0.3, 0.4) is 0 Å². The number of hydrogen-bond donors (Lipinski definition) is 0. The van der Waals surface area contributed by atoms with Gasteiger partial charge in [0.15, 0.2) is 12.6 Å². The molecule has 0 aliphatic carbocycles. The molecule has 0 N–H and O–H groups in total. The molecule has 10 heteroatoms. The van der Waals surface area contributed by atoms with Gasteiger partial charge in [-0.1, -0.05) is 88.4 Å². The topological polar surface area (TPSA) is 118 Å². The highest BCUT2D eigenvalue weighted by molar-refractivity contribution is 5.98. The van der Waals surface area contributed by atoms with Gasteiger partial charge < -0.3 is 28.4 Å². The lowest BCUT2D eigenvalue weighted by atomic mass is 9.86. The maximum absolute atomic E-state index is 12.6. The third-order valence-electron chi connectivity index (χ3n) is 7.47. The van der Waals surface area contributed by atoms with Crippen LogP contribution in [0.2, 0.25) is 0 Å². The van der Waals surface area contributed by atoms with Gasteiger partial charge in [0.2, 0.25) is 0 Å². The van der Waals surface area contributed by atoms with Gasteiger partial charge in [-0.05, 0) is 23.3 Å². The molecule has 2 fully saturated rings. The summed E-state index contributed by atoms with van der Waals surface area (Å²) in [6, 6.07) is 20.1. The van der Waals surface area contributed by atoms with Crippen LogP contribution in [0.25, 0.3) is 17.0 Å². The molecule has 0 unspecified atom stereocenters. The molecular weight excluding hydrogens is 576 g/mol. The van der Waals surface area contributed by atoms with E-state index in [-0.39, 0.29) is 24.5 Å². The first-order valence-corrected chi connectivity index (χ1v) is 14.6. The van der Waals surface area contributed by atoms with Crippen LogP contribution in [0, 0.1) is 34.1 Å². The van der Waals surface area contributed by atoms with E-state index in [1.54, 1.807) is 24.3 Å². The molecule has 0 bridgehead atoms. The van der Waals surface area contributed by atoms with Gasteiger partial charge in [0.05, 0.1) is 38.4 Å². The van der Waals surface area contributed by atoms with E-state index in [9.17, 15) is 14.9 Å². The van der Waals surface area contributed by atoms with Crippen molar-refractivity contribution in [3.8, 4) is 6.07 Å². The second-order valence-corrected chi connectivity index (χ2v) is 12.7. The van der Waals surface area contributed by atoms with Crippen molar-refractivity contribution < 1.29 is 38.0 Å². The largest absolute Gasteiger partial charge is 0.470 e. The SMILES string of the molecule is [C-]#[N+]/C(=C/c1ccccc1)C(=O)OCC(C)(C)C1OCC2(COC(C(C)(C)COC(=O)/C(C#N)=C\c3ccccc3)OC2)CO1. The average Bonchev–Trinajstić information content (AvgIpc) is 3.05. The van der Waals surface area contributed by atoms with Crippen molar-refractivity contribution in [2.24, 2.45) is 16.2 Å². The minimum atomic E-state index is -0.715. The minimum Gasteiger partial charge on any atom is -0.470 e. The summed E-state index contributed by atoms with van der Waals surface area (Å²) < 4.78 is 35.3. The summed E-state index contributed by atoms with van der Waals surface area (Å²) in [4.78, 5) is 28.5. The van der Waals surface area contributed by atoms with Gasteiger partial charge in [-0.3, -0.25) is 4.79 Å². The number of carbonyl (C=O) groups is 2. The summed E-state index contributed by atoms with van der Waals surface area (Å²) in [5, 5.41) is 9.45. The summed E-state index contributed by atoms with van der Waals surface area (Å²) in [5.41, 5.74) is -0.678. The van der Waals surface area contributed by atoms with Crippen molar-refractivity contribution in [1.82, 2.24) is 0 Å². The molecule has 10 nitrogen and oxygen atoms in total. The molecule has 236 valence electrons. The summed E-state index contributed by atoms with van der Waals surface area (Å²) in [6.07, 6.45) is 1.67. The summed E-state index contributed by atoms with van der Waals surface area (Å²) in [5.74, 6) is -1.42. The predicted molar refractivity (Wildman–Crippen MR) is 164 cm³/mol. The van der Waals surface area contributed by atoms with Crippen LogP contribution in [-0.2, 0) is 38.0 Å². The van der Waals surface area contributed by atoms with Crippen LogP contribution >= 0.6 is 0 Å². The second-order valence-electron chi connectivity index (χ2n) is 12.7. The Labute approximate surface area is 263 Å². The standard InChI is InChI=1S/C35H38N2O8/c1-33(2,19-40-29(38)27(18-36)16-25-12-8-6-9-13-25)31-42-21-35(22-43-31)23-44-32(45-24-35)34(3,4)20-41-30(39)28(37-5)17-26-14-10-7-11-15-26/h6-17,31-32H,19-24H2,1-4H3/b27-16-,28-17+. The number of ether oxygens (including phenoxy) is 6. The van der Waals surface area contributed by atoms with E-state index in [1.807, 2.05) is 70.2 Å². The first-order chi connectivity index (χ1) is 21.5. The number of carbonyl (C=O) groups excluding carboxylic acids is 2. The first-order valence-electron chi connectivity index (χ1n) is 14.6. The second kappa shape index (κ2) is 14.6. The molecule has 45 heavy (non-hydrogen) atoms. The fourth-order valence-corrected chi connectivity index (χ4v) is 4.75. The normalized spacial score (nSPS) is 22.6. The van der Waals surface area contributed by atoms with Crippen molar-refractivity contribution in [1.29, 1.82) is 5.26 Å². The van der Waals surface area contributed by atoms with E-state index in [0.717, 1.165) is 11.1 Å². The Bertz CT molecular complexity index is 1350. The van der Waals surface area contributed by atoms with E-state index in [1.165, 1.54) is 12.2 Å². The molecule has 0 saturated carbocycles. The number of nitriles is 1. The molecule has 0 atom stereocenters. The van der Waals surface area contributed by atoms with Gasteiger partial charge in [0.1, 0.15) is 24.9 Å². The molecule has 2 heterocycles. The van der Waals surface area contributed by atoms with Crippen LogP contribution in [-0.4, -0.2) is 64.2 Å². The number of rotatable bonds is 10. The molecule has 4 rings (SSSR count).